The van der Waals surface area contributed by atoms with Crippen molar-refractivity contribution < 1.29 is 4.74 Å². The molecule has 0 radical (unpaired) electrons. The number of aromatic nitrogens is 3. The first-order valence-electron chi connectivity index (χ1n) is 8.10. The van der Waals surface area contributed by atoms with Crippen molar-refractivity contribution in [2.24, 2.45) is 4.99 Å². The lowest BCUT2D eigenvalue weighted by Gasteiger charge is -2.29. The number of benzene rings is 2. The molecule has 1 aliphatic rings. The van der Waals surface area contributed by atoms with E-state index in [0.717, 1.165) is 35.8 Å². The van der Waals surface area contributed by atoms with Crippen LogP contribution in [0, 0.1) is 6.92 Å². The number of ether oxygens (including phenoxy) is 1. The first kappa shape index (κ1) is 14.8. The molecule has 0 aliphatic carbocycles. The molecule has 1 saturated heterocycles. The van der Waals surface area contributed by atoms with Gasteiger partial charge < -0.3 is 9.64 Å². The van der Waals surface area contributed by atoms with Crippen molar-refractivity contribution in [2.45, 2.75) is 6.92 Å². The third-order valence-electron chi connectivity index (χ3n) is 4.10. The van der Waals surface area contributed by atoms with Gasteiger partial charge in [-0.25, -0.2) is 4.99 Å². The largest absolute Gasteiger partial charge is 0.378 e. The first-order valence-corrected chi connectivity index (χ1v) is 8.10. The van der Waals surface area contributed by atoms with Gasteiger partial charge in [0.05, 0.1) is 24.4 Å². The molecule has 0 bridgehead atoms. The van der Waals surface area contributed by atoms with Crippen LogP contribution in [0.4, 0.5) is 5.69 Å². The molecule has 6 heteroatoms. The van der Waals surface area contributed by atoms with Crippen molar-refractivity contribution in [3.8, 4) is 0 Å². The van der Waals surface area contributed by atoms with Crippen molar-refractivity contribution in [2.75, 3.05) is 26.3 Å². The van der Waals surface area contributed by atoms with Crippen molar-refractivity contribution in [1.82, 2.24) is 19.9 Å². The number of para-hydroxylation sites is 1. The molecule has 1 fully saturated rings. The van der Waals surface area contributed by atoms with Crippen molar-refractivity contribution in [1.29, 1.82) is 0 Å². The Morgan fingerprint density at radius 1 is 1.04 bits per heavy atom. The molecule has 1 aromatic heterocycles. The molecule has 0 atom stereocenters. The summed E-state index contributed by atoms with van der Waals surface area (Å²) in [6.45, 7) is 5.04. The highest BCUT2D eigenvalue weighted by Crippen LogP contribution is 2.17. The molecule has 0 N–H and O–H groups in total. The fourth-order valence-electron chi connectivity index (χ4n) is 2.77. The predicted octanol–water partition coefficient (Wildman–Crippen LogP) is 2.61. The standard InChI is InChI=1S/C18H19N5O/c1-14-6-8-15(9-7-14)19-18(22-10-12-24-13-11-22)23-17-5-3-2-4-16(17)20-21-23/h2-9H,10-13H2,1H3. The Hall–Kier alpha value is -2.73. The van der Waals surface area contributed by atoms with E-state index in [1.54, 1.807) is 0 Å². The van der Waals surface area contributed by atoms with E-state index >= 15 is 0 Å². The maximum absolute atomic E-state index is 5.48. The summed E-state index contributed by atoms with van der Waals surface area (Å²) < 4.78 is 7.30. The molecule has 2 heterocycles. The Morgan fingerprint density at radius 2 is 1.79 bits per heavy atom. The molecule has 0 unspecified atom stereocenters. The summed E-state index contributed by atoms with van der Waals surface area (Å²) in [5, 5.41) is 8.60. The number of rotatable bonds is 1. The summed E-state index contributed by atoms with van der Waals surface area (Å²) in [4.78, 5) is 7.06. The lowest BCUT2D eigenvalue weighted by atomic mass is 10.2. The molecular weight excluding hydrogens is 302 g/mol. The molecule has 3 aromatic rings. The summed E-state index contributed by atoms with van der Waals surface area (Å²) in [7, 11) is 0. The Kier molecular flexibility index (Phi) is 3.96. The van der Waals surface area contributed by atoms with Gasteiger partial charge in [0.2, 0.25) is 5.96 Å². The number of fused-ring (bicyclic) bond motifs is 1. The van der Waals surface area contributed by atoms with E-state index in [2.05, 4.69) is 34.3 Å². The molecule has 4 rings (SSSR count). The monoisotopic (exact) mass is 321 g/mol. The predicted molar refractivity (Wildman–Crippen MR) is 93.6 cm³/mol. The Balaban J connectivity index is 1.82. The van der Waals surface area contributed by atoms with Crippen LogP contribution in [0.15, 0.2) is 53.5 Å². The maximum Gasteiger partial charge on any atom is 0.229 e. The summed E-state index contributed by atoms with van der Waals surface area (Å²) in [6, 6.07) is 16.1. The van der Waals surface area contributed by atoms with Crippen LogP contribution in [0.25, 0.3) is 11.0 Å². The normalized spacial score (nSPS) is 15.9. The number of aliphatic imine (C=N–C) groups is 1. The van der Waals surface area contributed by atoms with Gasteiger partial charge in [-0.05, 0) is 31.2 Å². The third kappa shape index (κ3) is 2.88. The summed E-state index contributed by atoms with van der Waals surface area (Å²) in [5.41, 5.74) is 3.94. The van der Waals surface area contributed by atoms with Gasteiger partial charge in [-0.15, -0.1) is 5.10 Å². The molecule has 1 aliphatic heterocycles. The molecule has 24 heavy (non-hydrogen) atoms. The summed E-state index contributed by atoms with van der Waals surface area (Å²) in [5.74, 6) is 0.788. The van der Waals surface area contributed by atoms with Gasteiger partial charge in [-0.2, -0.15) is 4.68 Å². The fourth-order valence-corrected chi connectivity index (χ4v) is 2.77. The van der Waals surface area contributed by atoms with Crippen LogP contribution in [0.2, 0.25) is 0 Å². The van der Waals surface area contributed by atoms with Gasteiger partial charge in [0.25, 0.3) is 0 Å². The summed E-state index contributed by atoms with van der Waals surface area (Å²) >= 11 is 0. The van der Waals surface area contributed by atoms with Crippen molar-refractivity contribution >= 4 is 22.7 Å². The van der Waals surface area contributed by atoms with Crippen LogP contribution in [0.3, 0.4) is 0 Å². The van der Waals surface area contributed by atoms with Crippen LogP contribution >= 0.6 is 0 Å². The van der Waals surface area contributed by atoms with Crippen molar-refractivity contribution in [3.63, 3.8) is 0 Å². The highest BCUT2D eigenvalue weighted by Gasteiger charge is 2.20. The van der Waals surface area contributed by atoms with Crippen LogP contribution in [-0.4, -0.2) is 52.2 Å². The molecule has 6 nitrogen and oxygen atoms in total. The minimum Gasteiger partial charge on any atom is -0.378 e. The first-order chi connectivity index (χ1) is 11.8. The minimum absolute atomic E-state index is 0.694. The quantitative estimate of drug-likeness (QED) is 0.511. The van der Waals surface area contributed by atoms with Crippen LogP contribution in [0.5, 0.6) is 0 Å². The average molecular weight is 321 g/mol. The summed E-state index contributed by atoms with van der Waals surface area (Å²) in [6.07, 6.45) is 0. The molecule has 0 spiro atoms. The van der Waals surface area contributed by atoms with E-state index in [-0.39, 0.29) is 0 Å². The highest BCUT2D eigenvalue weighted by atomic mass is 16.5. The molecule has 0 amide bonds. The van der Waals surface area contributed by atoms with Gasteiger partial charge in [-0.3, -0.25) is 0 Å². The third-order valence-corrected chi connectivity index (χ3v) is 4.10. The molecule has 2 aromatic carbocycles. The van der Waals surface area contributed by atoms with E-state index in [9.17, 15) is 0 Å². The zero-order chi connectivity index (χ0) is 16.4. The average Bonchev–Trinajstić information content (AvgIpc) is 3.06. The van der Waals surface area contributed by atoms with Crippen LogP contribution in [-0.2, 0) is 4.74 Å². The second-order valence-corrected chi connectivity index (χ2v) is 5.84. The number of aryl methyl sites for hydroxylation is 1. The van der Waals surface area contributed by atoms with Crippen molar-refractivity contribution in [3.05, 3.63) is 54.1 Å². The molecule has 122 valence electrons. The Bertz CT molecular complexity index is 863. The SMILES string of the molecule is Cc1ccc(N=C(N2CCOCC2)n2nnc3ccccc32)cc1. The number of hydrogen-bond acceptors (Lipinski definition) is 4. The van der Waals surface area contributed by atoms with E-state index in [1.807, 2.05) is 41.1 Å². The smallest absolute Gasteiger partial charge is 0.229 e. The maximum atomic E-state index is 5.48. The Morgan fingerprint density at radius 3 is 2.58 bits per heavy atom. The van der Waals surface area contributed by atoms with Gasteiger partial charge in [-0.1, -0.05) is 35.0 Å². The topological polar surface area (TPSA) is 55.5 Å². The van der Waals surface area contributed by atoms with Gasteiger partial charge in [0.1, 0.15) is 5.52 Å². The van der Waals surface area contributed by atoms with Gasteiger partial charge >= 0.3 is 0 Å². The van der Waals surface area contributed by atoms with E-state index < -0.39 is 0 Å². The van der Waals surface area contributed by atoms with E-state index in [4.69, 9.17) is 9.73 Å². The van der Waals surface area contributed by atoms with Crippen LogP contribution < -0.4 is 0 Å². The molecular formula is C18H19N5O. The number of hydrogen-bond donors (Lipinski definition) is 0. The Labute approximate surface area is 140 Å². The lowest BCUT2D eigenvalue weighted by molar-refractivity contribution is 0.0665. The second kappa shape index (κ2) is 6.41. The minimum atomic E-state index is 0.694. The van der Waals surface area contributed by atoms with E-state index in [0.29, 0.717) is 13.2 Å². The second-order valence-electron chi connectivity index (χ2n) is 5.84. The van der Waals surface area contributed by atoms with Gasteiger partial charge in [0.15, 0.2) is 0 Å². The number of morpholine rings is 1. The highest BCUT2D eigenvalue weighted by molar-refractivity contribution is 5.92. The number of nitrogens with zero attached hydrogens (tertiary/aromatic N) is 5. The lowest BCUT2D eigenvalue weighted by Crippen LogP contribution is -2.44. The molecule has 0 saturated carbocycles. The van der Waals surface area contributed by atoms with Gasteiger partial charge in [0, 0.05) is 13.1 Å². The zero-order valence-electron chi connectivity index (χ0n) is 13.6. The van der Waals surface area contributed by atoms with E-state index in [1.165, 1.54) is 5.56 Å². The fraction of sp³-hybridized carbons (Fsp3) is 0.278. The van der Waals surface area contributed by atoms with Crippen LogP contribution in [0.1, 0.15) is 5.56 Å². The zero-order valence-corrected chi connectivity index (χ0v) is 13.6.